The summed E-state index contributed by atoms with van der Waals surface area (Å²) in [6.45, 7) is 3.28. The van der Waals surface area contributed by atoms with Crippen molar-refractivity contribution in [2.45, 2.75) is 31.7 Å². The van der Waals surface area contributed by atoms with Gasteiger partial charge in [-0.1, -0.05) is 0 Å². The van der Waals surface area contributed by atoms with Gasteiger partial charge < -0.3 is 10.3 Å². The normalized spacial score (nSPS) is 26.1. The van der Waals surface area contributed by atoms with Gasteiger partial charge in [0.15, 0.2) is 5.65 Å². The Labute approximate surface area is 93.7 Å². The summed E-state index contributed by atoms with van der Waals surface area (Å²) >= 11 is 0. The lowest BCUT2D eigenvalue weighted by atomic mass is 9.93. The number of aromatic amines is 1. The zero-order chi connectivity index (χ0) is 11.0. The highest BCUT2D eigenvalue weighted by molar-refractivity contribution is 5.68. The molecule has 2 unspecified atom stereocenters. The van der Waals surface area contributed by atoms with Gasteiger partial charge in [-0.05, 0) is 26.3 Å². The van der Waals surface area contributed by atoms with E-state index in [9.17, 15) is 0 Å². The van der Waals surface area contributed by atoms with Crippen molar-refractivity contribution in [1.29, 1.82) is 0 Å². The largest absolute Gasteiger partial charge is 0.339 e. The predicted molar refractivity (Wildman–Crippen MR) is 61.1 cm³/mol. The van der Waals surface area contributed by atoms with E-state index in [2.05, 4.69) is 32.2 Å². The van der Waals surface area contributed by atoms with E-state index in [1.807, 2.05) is 0 Å². The number of aromatic nitrogens is 4. The first-order valence-electron chi connectivity index (χ1n) is 5.72. The Morgan fingerprint density at radius 1 is 1.44 bits per heavy atom. The molecule has 5 nitrogen and oxygen atoms in total. The molecule has 0 aromatic carbocycles. The highest BCUT2D eigenvalue weighted by Crippen LogP contribution is 2.26. The standard InChI is InChI=1S/C11H15N5/c1-7-4-8(2-3-13-7)10-15-9-5-12-6-14-11(9)16-10/h5-8,13H,2-4H2,1H3,(H,12,14,15,16). The minimum Gasteiger partial charge on any atom is -0.339 e. The van der Waals surface area contributed by atoms with Crippen LogP contribution >= 0.6 is 0 Å². The molecule has 2 atom stereocenters. The predicted octanol–water partition coefficient (Wildman–Crippen LogP) is 1.21. The van der Waals surface area contributed by atoms with Crippen LogP contribution in [0.25, 0.3) is 11.2 Å². The van der Waals surface area contributed by atoms with Gasteiger partial charge in [0, 0.05) is 12.0 Å². The van der Waals surface area contributed by atoms with Gasteiger partial charge in [-0.2, -0.15) is 0 Å². The van der Waals surface area contributed by atoms with Gasteiger partial charge in [-0.15, -0.1) is 0 Å². The molecule has 0 spiro atoms. The van der Waals surface area contributed by atoms with Crippen LogP contribution in [0.3, 0.4) is 0 Å². The lowest BCUT2D eigenvalue weighted by molar-refractivity contribution is 0.373. The smallest absolute Gasteiger partial charge is 0.180 e. The van der Waals surface area contributed by atoms with E-state index in [0.717, 1.165) is 36.4 Å². The number of hydrogen-bond acceptors (Lipinski definition) is 4. The molecule has 1 saturated heterocycles. The van der Waals surface area contributed by atoms with Gasteiger partial charge in [0.2, 0.25) is 0 Å². The van der Waals surface area contributed by atoms with Gasteiger partial charge in [0.25, 0.3) is 0 Å². The highest BCUT2D eigenvalue weighted by Gasteiger charge is 2.22. The summed E-state index contributed by atoms with van der Waals surface area (Å²) in [4.78, 5) is 16.0. The van der Waals surface area contributed by atoms with Crippen LogP contribution in [0.2, 0.25) is 0 Å². The van der Waals surface area contributed by atoms with E-state index >= 15 is 0 Å². The fourth-order valence-electron chi connectivity index (χ4n) is 2.35. The number of nitrogens with one attached hydrogen (secondary N) is 2. The van der Waals surface area contributed by atoms with Crippen molar-refractivity contribution in [3.05, 3.63) is 18.3 Å². The molecule has 0 amide bonds. The number of rotatable bonds is 1. The quantitative estimate of drug-likeness (QED) is 0.753. The van der Waals surface area contributed by atoms with Crippen LogP contribution in [-0.2, 0) is 0 Å². The van der Waals surface area contributed by atoms with Crippen LogP contribution in [0.4, 0.5) is 0 Å². The van der Waals surface area contributed by atoms with Crippen LogP contribution in [0.1, 0.15) is 31.5 Å². The summed E-state index contributed by atoms with van der Waals surface area (Å²) < 4.78 is 0. The Hall–Kier alpha value is -1.49. The maximum absolute atomic E-state index is 4.54. The number of imidazole rings is 1. The second-order valence-corrected chi connectivity index (χ2v) is 4.46. The van der Waals surface area contributed by atoms with Crippen LogP contribution in [0.5, 0.6) is 0 Å². The molecule has 1 fully saturated rings. The Balaban J connectivity index is 1.93. The molecule has 2 aromatic heterocycles. The number of hydrogen-bond donors (Lipinski definition) is 2. The molecule has 5 heteroatoms. The maximum Gasteiger partial charge on any atom is 0.180 e. The van der Waals surface area contributed by atoms with Crippen molar-refractivity contribution < 1.29 is 0 Å². The third kappa shape index (κ3) is 1.67. The first-order valence-corrected chi connectivity index (χ1v) is 5.72. The monoisotopic (exact) mass is 217 g/mol. The van der Waals surface area contributed by atoms with E-state index in [0.29, 0.717) is 12.0 Å². The topological polar surface area (TPSA) is 66.5 Å². The Morgan fingerprint density at radius 3 is 3.19 bits per heavy atom. The van der Waals surface area contributed by atoms with Crippen molar-refractivity contribution in [2.24, 2.45) is 0 Å². The zero-order valence-electron chi connectivity index (χ0n) is 9.27. The molecule has 0 aliphatic carbocycles. The Kier molecular flexibility index (Phi) is 2.32. The van der Waals surface area contributed by atoms with Crippen LogP contribution in [-0.4, -0.2) is 32.5 Å². The van der Waals surface area contributed by atoms with E-state index < -0.39 is 0 Å². The molecular formula is C11H15N5. The summed E-state index contributed by atoms with van der Waals surface area (Å²) in [7, 11) is 0. The average molecular weight is 217 g/mol. The molecule has 0 radical (unpaired) electrons. The SMILES string of the molecule is CC1CC(c2nc3ncncc3[nH]2)CCN1. The third-order valence-electron chi connectivity index (χ3n) is 3.19. The molecule has 1 aliphatic rings. The van der Waals surface area contributed by atoms with E-state index in [-0.39, 0.29) is 0 Å². The minimum absolute atomic E-state index is 0.519. The molecule has 0 bridgehead atoms. The van der Waals surface area contributed by atoms with Gasteiger partial charge in [-0.3, -0.25) is 0 Å². The lowest BCUT2D eigenvalue weighted by Crippen LogP contribution is -2.35. The summed E-state index contributed by atoms with van der Waals surface area (Å²) in [5.41, 5.74) is 1.71. The van der Waals surface area contributed by atoms with Crippen LogP contribution in [0, 0.1) is 0 Å². The molecule has 3 heterocycles. The van der Waals surface area contributed by atoms with Crippen LogP contribution < -0.4 is 5.32 Å². The fraction of sp³-hybridized carbons (Fsp3) is 0.545. The fourth-order valence-corrected chi connectivity index (χ4v) is 2.35. The van der Waals surface area contributed by atoms with Gasteiger partial charge >= 0.3 is 0 Å². The van der Waals surface area contributed by atoms with E-state index in [4.69, 9.17) is 0 Å². The molecule has 2 N–H and O–H groups in total. The Morgan fingerprint density at radius 2 is 2.38 bits per heavy atom. The second kappa shape index (κ2) is 3.83. The molecule has 1 aliphatic heterocycles. The van der Waals surface area contributed by atoms with Gasteiger partial charge in [0.05, 0.1) is 6.20 Å². The van der Waals surface area contributed by atoms with Gasteiger partial charge in [-0.25, -0.2) is 15.0 Å². The molecular weight excluding hydrogens is 202 g/mol. The number of fused-ring (bicyclic) bond motifs is 1. The zero-order valence-corrected chi connectivity index (χ0v) is 9.27. The summed E-state index contributed by atoms with van der Waals surface area (Å²) in [6, 6.07) is 0.568. The van der Waals surface area contributed by atoms with Crippen LogP contribution in [0.15, 0.2) is 12.5 Å². The lowest BCUT2D eigenvalue weighted by Gasteiger charge is -2.26. The molecule has 2 aromatic rings. The minimum atomic E-state index is 0.519. The van der Waals surface area contributed by atoms with Crippen molar-refractivity contribution in [3.63, 3.8) is 0 Å². The Bertz CT molecular complexity index is 459. The average Bonchev–Trinajstić information content (AvgIpc) is 2.72. The number of piperidine rings is 1. The van der Waals surface area contributed by atoms with Crippen molar-refractivity contribution in [1.82, 2.24) is 25.3 Å². The molecule has 84 valence electrons. The van der Waals surface area contributed by atoms with Crippen molar-refractivity contribution in [3.8, 4) is 0 Å². The third-order valence-corrected chi connectivity index (χ3v) is 3.19. The van der Waals surface area contributed by atoms with E-state index in [1.165, 1.54) is 6.33 Å². The van der Waals surface area contributed by atoms with E-state index in [1.54, 1.807) is 6.20 Å². The molecule has 0 saturated carbocycles. The maximum atomic E-state index is 4.54. The first kappa shape index (κ1) is 9.72. The summed E-state index contributed by atoms with van der Waals surface area (Å²) in [6.07, 6.45) is 5.59. The summed E-state index contributed by atoms with van der Waals surface area (Å²) in [5.74, 6) is 1.58. The molecule has 16 heavy (non-hydrogen) atoms. The number of H-pyrrole nitrogens is 1. The highest BCUT2D eigenvalue weighted by atomic mass is 15.0. The summed E-state index contributed by atoms with van der Waals surface area (Å²) in [5, 5.41) is 3.45. The molecule has 3 rings (SSSR count). The number of nitrogens with zero attached hydrogens (tertiary/aromatic N) is 3. The van der Waals surface area contributed by atoms with Crippen molar-refractivity contribution >= 4 is 11.2 Å². The first-order chi connectivity index (χ1) is 7.83. The van der Waals surface area contributed by atoms with Gasteiger partial charge in [0.1, 0.15) is 17.7 Å². The second-order valence-electron chi connectivity index (χ2n) is 4.46. The van der Waals surface area contributed by atoms with Crippen molar-refractivity contribution in [2.75, 3.05) is 6.54 Å².